The number of rotatable bonds is 5. The molecule has 0 fully saturated rings. The largest absolute Gasteiger partial charge is 0.459 e. The van der Waals surface area contributed by atoms with Gasteiger partial charge in [0, 0.05) is 5.56 Å². The van der Waals surface area contributed by atoms with E-state index < -0.39 is 12.0 Å². The van der Waals surface area contributed by atoms with Crippen LogP contribution < -0.4 is 5.32 Å². The van der Waals surface area contributed by atoms with E-state index in [9.17, 15) is 9.59 Å². The van der Waals surface area contributed by atoms with Crippen molar-refractivity contribution in [2.45, 2.75) is 26.5 Å². The summed E-state index contributed by atoms with van der Waals surface area (Å²) in [6.45, 7) is 3.57. The third-order valence-electron chi connectivity index (χ3n) is 3.45. The molecule has 122 valence electrons. The predicted octanol–water partition coefficient (Wildman–Crippen LogP) is 2.73. The molecule has 2 rings (SSSR count). The number of nitriles is 1. The van der Waals surface area contributed by atoms with Gasteiger partial charge in [-0.2, -0.15) is 5.26 Å². The highest BCUT2D eigenvalue weighted by Gasteiger charge is 2.18. The maximum atomic E-state index is 12.1. The van der Waals surface area contributed by atoms with Crippen LogP contribution in [0.3, 0.4) is 0 Å². The molecular formula is C19H18N2O3. The second-order valence-electron chi connectivity index (χ2n) is 5.48. The van der Waals surface area contributed by atoms with Crippen molar-refractivity contribution in [1.82, 2.24) is 5.32 Å². The van der Waals surface area contributed by atoms with Crippen LogP contribution >= 0.6 is 0 Å². The molecule has 2 aromatic rings. The van der Waals surface area contributed by atoms with E-state index in [0.717, 1.165) is 11.1 Å². The third kappa shape index (κ3) is 4.68. The fourth-order valence-corrected chi connectivity index (χ4v) is 2.08. The summed E-state index contributed by atoms with van der Waals surface area (Å²) in [7, 11) is 0. The number of nitrogens with zero attached hydrogens (tertiary/aromatic N) is 1. The quantitative estimate of drug-likeness (QED) is 0.858. The second-order valence-corrected chi connectivity index (χ2v) is 5.48. The summed E-state index contributed by atoms with van der Waals surface area (Å²) >= 11 is 0. The summed E-state index contributed by atoms with van der Waals surface area (Å²) in [5, 5.41) is 11.4. The first-order valence-electron chi connectivity index (χ1n) is 7.53. The van der Waals surface area contributed by atoms with Crippen molar-refractivity contribution in [3.05, 3.63) is 70.8 Å². The van der Waals surface area contributed by atoms with Gasteiger partial charge < -0.3 is 10.1 Å². The van der Waals surface area contributed by atoms with Crippen LogP contribution in [-0.4, -0.2) is 17.9 Å². The number of amides is 1. The van der Waals surface area contributed by atoms with E-state index >= 15 is 0 Å². The first kappa shape index (κ1) is 17.2. The Labute approximate surface area is 140 Å². The Kier molecular flexibility index (Phi) is 5.69. The molecule has 5 nitrogen and oxygen atoms in total. The summed E-state index contributed by atoms with van der Waals surface area (Å²) in [6.07, 6.45) is 0. The molecule has 0 aliphatic rings. The number of carbonyl (C=O) groups is 2. The maximum Gasteiger partial charge on any atom is 0.328 e. The predicted molar refractivity (Wildman–Crippen MR) is 89.1 cm³/mol. The Bertz CT molecular complexity index is 776. The minimum atomic E-state index is -0.753. The number of hydrogen-bond acceptors (Lipinski definition) is 4. The van der Waals surface area contributed by atoms with E-state index in [1.54, 1.807) is 49.4 Å². The highest BCUT2D eigenvalue weighted by molar-refractivity contribution is 5.96. The number of hydrogen-bond donors (Lipinski definition) is 1. The minimum absolute atomic E-state index is 0.0925. The van der Waals surface area contributed by atoms with Gasteiger partial charge in [-0.15, -0.1) is 0 Å². The Morgan fingerprint density at radius 3 is 2.54 bits per heavy atom. The van der Waals surface area contributed by atoms with Crippen LogP contribution in [-0.2, 0) is 16.1 Å². The number of aryl methyl sites for hydroxylation is 1. The fraction of sp³-hybridized carbons (Fsp3) is 0.211. The lowest BCUT2D eigenvalue weighted by Gasteiger charge is -2.13. The molecule has 1 atom stereocenters. The number of nitrogens with one attached hydrogen (secondary N) is 1. The maximum absolute atomic E-state index is 12.1. The van der Waals surface area contributed by atoms with E-state index in [2.05, 4.69) is 5.32 Å². The first-order valence-corrected chi connectivity index (χ1v) is 7.53. The van der Waals surface area contributed by atoms with Gasteiger partial charge in [0.15, 0.2) is 0 Å². The number of benzene rings is 2. The lowest BCUT2D eigenvalue weighted by molar-refractivity contribution is -0.146. The lowest BCUT2D eigenvalue weighted by atomic mass is 10.1. The van der Waals surface area contributed by atoms with Gasteiger partial charge in [0.25, 0.3) is 5.91 Å². The SMILES string of the molecule is Cc1cccc(C(=O)N[C@@H](C)C(=O)OCc2ccc(C#N)cc2)c1. The van der Waals surface area contributed by atoms with E-state index in [-0.39, 0.29) is 12.5 Å². The standard InChI is InChI=1S/C19H18N2O3/c1-13-4-3-5-17(10-13)18(22)21-14(2)19(23)24-12-16-8-6-15(11-20)7-9-16/h3-10,14H,12H2,1-2H3,(H,21,22)/t14-/m0/s1. The number of ether oxygens (including phenoxy) is 1. The molecule has 0 aliphatic carbocycles. The van der Waals surface area contributed by atoms with Crippen molar-refractivity contribution in [3.8, 4) is 6.07 Å². The van der Waals surface area contributed by atoms with Crippen LogP contribution in [0.5, 0.6) is 0 Å². The van der Waals surface area contributed by atoms with Gasteiger partial charge in [-0.3, -0.25) is 4.79 Å². The minimum Gasteiger partial charge on any atom is -0.459 e. The van der Waals surface area contributed by atoms with Gasteiger partial charge in [0.1, 0.15) is 12.6 Å². The second kappa shape index (κ2) is 7.93. The molecule has 0 aromatic heterocycles. The molecule has 0 aliphatic heterocycles. The number of carbonyl (C=O) groups excluding carboxylic acids is 2. The van der Waals surface area contributed by atoms with Crippen molar-refractivity contribution in [2.75, 3.05) is 0 Å². The van der Waals surface area contributed by atoms with Crippen molar-refractivity contribution in [3.63, 3.8) is 0 Å². The average molecular weight is 322 g/mol. The molecule has 0 heterocycles. The summed E-state index contributed by atoms with van der Waals surface area (Å²) in [5.74, 6) is -0.832. The Hall–Kier alpha value is -3.13. The average Bonchev–Trinajstić information content (AvgIpc) is 2.60. The molecule has 1 N–H and O–H groups in total. The van der Waals surface area contributed by atoms with Gasteiger partial charge in [-0.25, -0.2) is 4.79 Å². The normalized spacial score (nSPS) is 11.2. The van der Waals surface area contributed by atoms with Gasteiger partial charge in [-0.05, 0) is 43.7 Å². The summed E-state index contributed by atoms with van der Waals surface area (Å²) in [4.78, 5) is 24.1. The monoisotopic (exact) mass is 322 g/mol. The zero-order valence-electron chi connectivity index (χ0n) is 13.6. The molecule has 0 spiro atoms. The van der Waals surface area contributed by atoms with E-state index in [4.69, 9.17) is 10.00 Å². The highest BCUT2D eigenvalue weighted by Crippen LogP contribution is 2.07. The topological polar surface area (TPSA) is 79.2 Å². The molecule has 5 heteroatoms. The molecule has 0 unspecified atom stereocenters. The van der Waals surface area contributed by atoms with E-state index in [0.29, 0.717) is 11.1 Å². The fourth-order valence-electron chi connectivity index (χ4n) is 2.08. The lowest BCUT2D eigenvalue weighted by Crippen LogP contribution is -2.39. The van der Waals surface area contributed by atoms with Gasteiger partial charge >= 0.3 is 5.97 Å². The molecule has 1 amide bonds. The van der Waals surface area contributed by atoms with Crippen LogP contribution in [0.2, 0.25) is 0 Å². The van der Waals surface area contributed by atoms with Crippen molar-refractivity contribution >= 4 is 11.9 Å². The summed E-state index contributed by atoms with van der Waals surface area (Å²) < 4.78 is 5.19. The van der Waals surface area contributed by atoms with Crippen LogP contribution in [0, 0.1) is 18.3 Å². The van der Waals surface area contributed by atoms with Crippen molar-refractivity contribution in [1.29, 1.82) is 5.26 Å². The van der Waals surface area contributed by atoms with Crippen LogP contribution in [0.25, 0.3) is 0 Å². The summed E-state index contributed by atoms with van der Waals surface area (Å²) in [6, 6.07) is 15.2. The zero-order chi connectivity index (χ0) is 17.5. The van der Waals surface area contributed by atoms with Crippen molar-refractivity contribution in [2.24, 2.45) is 0 Å². The molecule has 0 radical (unpaired) electrons. The van der Waals surface area contributed by atoms with Gasteiger partial charge in [-0.1, -0.05) is 29.8 Å². The Morgan fingerprint density at radius 1 is 1.21 bits per heavy atom. The molecule has 24 heavy (non-hydrogen) atoms. The van der Waals surface area contributed by atoms with Crippen LogP contribution in [0.4, 0.5) is 0 Å². The van der Waals surface area contributed by atoms with Crippen LogP contribution in [0.1, 0.15) is 34.0 Å². The molecule has 0 saturated carbocycles. The summed E-state index contributed by atoms with van der Waals surface area (Å²) in [5.41, 5.74) is 2.80. The molecule has 0 saturated heterocycles. The molecule has 0 bridgehead atoms. The van der Waals surface area contributed by atoms with Gasteiger partial charge in [0.05, 0.1) is 11.6 Å². The Morgan fingerprint density at radius 2 is 1.92 bits per heavy atom. The van der Waals surface area contributed by atoms with Gasteiger partial charge in [0.2, 0.25) is 0 Å². The van der Waals surface area contributed by atoms with Crippen LogP contribution in [0.15, 0.2) is 48.5 Å². The number of esters is 1. The molecule has 2 aromatic carbocycles. The van der Waals surface area contributed by atoms with Crippen molar-refractivity contribution < 1.29 is 14.3 Å². The molecular weight excluding hydrogens is 304 g/mol. The third-order valence-corrected chi connectivity index (χ3v) is 3.45. The first-order chi connectivity index (χ1) is 11.5. The highest BCUT2D eigenvalue weighted by atomic mass is 16.5. The zero-order valence-corrected chi connectivity index (χ0v) is 13.6. The van der Waals surface area contributed by atoms with E-state index in [1.807, 2.05) is 19.1 Å². The smallest absolute Gasteiger partial charge is 0.328 e. The van der Waals surface area contributed by atoms with E-state index in [1.165, 1.54) is 0 Å². The Balaban J connectivity index is 1.87.